The fourth-order valence-corrected chi connectivity index (χ4v) is 2.54. The maximum atomic E-state index is 11.7. The van der Waals surface area contributed by atoms with Crippen LogP contribution in [0.5, 0.6) is 0 Å². The highest BCUT2D eigenvalue weighted by atomic mass is 31.2. The van der Waals surface area contributed by atoms with Crippen molar-refractivity contribution in [1.82, 2.24) is 9.55 Å². The lowest BCUT2D eigenvalue weighted by molar-refractivity contribution is -0.0511. The van der Waals surface area contributed by atoms with E-state index in [9.17, 15) is 19.6 Å². The average molecular weight is 367 g/mol. The summed E-state index contributed by atoms with van der Waals surface area (Å²) in [7, 11) is -4.76. The van der Waals surface area contributed by atoms with E-state index in [0.717, 1.165) is 10.9 Å². The highest BCUT2D eigenvalue weighted by Gasteiger charge is 2.45. The maximum absolute atomic E-state index is 11.7. The number of anilines is 1. The van der Waals surface area contributed by atoms with Crippen LogP contribution in [0, 0.1) is 0 Å². The monoisotopic (exact) mass is 367 g/mol. The predicted octanol–water partition coefficient (Wildman–Crippen LogP) is -1.63. The summed E-state index contributed by atoms with van der Waals surface area (Å²) in [5.41, 5.74) is 5.60. The van der Waals surface area contributed by atoms with Gasteiger partial charge in [0.2, 0.25) is 0 Å². The Hall–Kier alpha value is -1.53. The number of nitrogens with two attached hydrogens (primary N) is 1. The van der Waals surface area contributed by atoms with Gasteiger partial charge in [-0.15, -0.1) is 0 Å². The normalized spacial score (nSPS) is 27.4. The number of esters is 1. The number of phosphoric ester groups is 1. The summed E-state index contributed by atoms with van der Waals surface area (Å²) >= 11 is 0. The molecule has 4 atom stereocenters. The van der Waals surface area contributed by atoms with Crippen LogP contribution in [0.2, 0.25) is 0 Å². The van der Waals surface area contributed by atoms with E-state index in [1.807, 2.05) is 0 Å². The number of nitrogens with zero attached hydrogens (tertiary/aromatic N) is 2. The van der Waals surface area contributed by atoms with Crippen molar-refractivity contribution in [3.05, 3.63) is 12.0 Å². The van der Waals surface area contributed by atoms with Gasteiger partial charge < -0.3 is 35.2 Å². The van der Waals surface area contributed by atoms with Crippen LogP contribution in [-0.4, -0.2) is 67.0 Å². The van der Waals surface area contributed by atoms with Gasteiger partial charge in [0, 0.05) is 0 Å². The molecule has 2 rings (SSSR count). The van der Waals surface area contributed by atoms with Crippen LogP contribution in [0.4, 0.5) is 5.82 Å². The van der Waals surface area contributed by atoms with Crippen molar-refractivity contribution < 1.29 is 43.4 Å². The van der Waals surface area contributed by atoms with Crippen LogP contribution < -0.4 is 5.73 Å². The fourth-order valence-electron chi connectivity index (χ4n) is 2.20. The Balaban J connectivity index is 2.15. The molecule has 24 heavy (non-hydrogen) atoms. The molecule has 0 amide bonds. The molecule has 0 saturated carbocycles. The lowest BCUT2D eigenvalue weighted by Gasteiger charge is -2.17. The average Bonchev–Trinajstić information content (AvgIpc) is 2.99. The van der Waals surface area contributed by atoms with Crippen molar-refractivity contribution in [2.24, 2.45) is 0 Å². The van der Waals surface area contributed by atoms with Crippen molar-refractivity contribution in [2.45, 2.75) is 31.5 Å². The highest BCUT2D eigenvalue weighted by molar-refractivity contribution is 7.46. The number of hydrogen-bond donors (Lipinski definition) is 5. The summed E-state index contributed by atoms with van der Waals surface area (Å²) in [4.78, 5) is 32.8. The van der Waals surface area contributed by atoms with Gasteiger partial charge in [0.15, 0.2) is 11.9 Å². The first-order chi connectivity index (χ1) is 11.2. The van der Waals surface area contributed by atoms with Gasteiger partial charge in [-0.05, 0) is 6.92 Å². The van der Waals surface area contributed by atoms with Gasteiger partial charge in [0.05, 0.1) is 19.5 Å². The molecule has 1 aliphatic heterocycles. The number of carbonyl (C=O) groups is 1. The van der Waals surface area contributed by atoms with Gasteiger partial charge >= 0.3 is 13.8 Å². The predicted molar refractivity (Wildman–Crippen MR) is 76.5 cm³/mol. The summed E-state index contributed by atoms with van der Waals surface area (Å²) in [6.45, 7) is 1.07. The number of hydrogen-bond acceptors (Lipinski definition) is 9. The van der Waals surface area contributed by atoms with E-state index in [1.165, 1.54) is 0 Å². The molecule has 0 aliphatic carbocycles. The lowest BCUT2D eigenvalue weighted by Crippen LogP contribution is -2.33. The van der Waals surface area contributed by atoms with Gasteiger partial charge in [-0.2, -0.15) is 0 Å². The summed E-state index contributed by atoms with van der Waals surface area (Å²) in [6.07, 6.45) is -4.29. The molecule has 1 aromatic heterocycles. The smallest absolute Gasteiger partial charge is 0.461 e. The Labute approximate surface area is 136 Å². The summed E-state index contributed by atoms with van der Waals surface area (Å²) in [6, 6.07) is 0. The second-order valence-electron chi connectivity index (χ2n) is 4.94. The van der Waals surface area contributed by atoms with Gasteiger partial charge in [-0.25, -0.2) is 14.3 Å². The lowest BCUT2D eigenvalue weighted by atomic mass is 10.1. The van der Waals surface area contributed by atoms with E-state index < -0.39 is 44.9 Å². The molecule has 0 radical (unpaired) electrons. The Kier molecular flexibility index (Phi) is 5.60. The van der Waals surface area contributed by atoms with E-state index in [-0.39, 0.29) is 18.1 Å². The molecule has 1 aromatic rings. The second kappa shape index (κ2) is 7.15. The topological polar surface area (TPSA) is 187 Å². The number of carbonyl (C=O) groups excluding carboxylic acids is 1. The summed E-state index contributed by atoms with van der Waals surface area (Å²) < 4.78 is 26.2. The minimum atomic E-state index is -4.76. The molecule has 0 aromatic carbocycles. The van der Waals surface area contributed by atoms with E-state index >= 15 is 0 Å². The molecule has 1 fully saturated rings. The van der Waals surface area contributed by atoms with Crippen molar-refractivity contribution in [3.8, 4) is 0 Å². The third-order valence-corrected chi connectivity index (χ3v) is 3.80. The van der Waals surface area contributed by atoms with Crippen LogP contribution in [-0.2, 0) is 18.6 Å². The van der Waals surface area contributed by atoms with Crippen molar-refractivity contribution in [2.75, 3.05) is 18.9 Å². The Morgan fingerprint density at radius 1 is 1.46 bits per heavy atom. The molecule has 136 valence electrons. The van der Waals surface area contributed by atoms with E-state index in [0.29, 0.717) is 0 Å². The second-order valence-corrected chi connectivity index (χ2v) is 6.18. The van der Waals surface area contributed by atoms with Crippen LogP contribution in [0.1, 0.15) is 23.6 Å². The zero-order valence-electron chi connectivity index (χ0n) is 12.6. The van der Waals surface area contributed by atoms with E-state index in [1.54, 1.807) is 6.92 Å². The zero-order valence-corrected chi connectivity index (χ0v) is 13.4. The van der Waals surface area contributed by atoms with Gasteiger partial charge in [0.25, 0.3) is 0 Å². The molecule has 2 heterocycles. The molecule has 1 aliphatic rings. The molecule has 13 heteroatoms. The van der Waals surface area contributed by atoms with Crippen molar-refractivity contribution >= 4 is 19.6 Å². The summed E-state index contributed by atoms with van der Waals surface area (Å²) in [5.74, 6) is -0.913. The number of ether oxygens (including phenoxy) is 2. The fraction of sp³-hybridized carbons (Fsp3) is 0.636. The van der Waals surface area contributed by atoms with Crippen LogP contribution >= 0.6 is 7.82 Å². The number of nitrogen functional groups attached to an aromatic ring is 1. The Bertz CT molecular complexity index is 645. The highest BCUT2D eigenvalue weighted by Crippen LogP contribution is 2.38. The molecule has 0 unspecified atom stereocenters. The number of aromatic nitrogens is 2. The zero-order chi connectivity index (χ0) is 18.1. The SMILES string of the molecule is CCOC(=O)c1ncn([C@H]2O[C@H](COP(=O)(O)O)[C@H](O)[C@@H]2O)c1N. The molecule has 0 spiro atoms. The third kappa shape index (κ3) is 3.92. The first kappa shape index (κ1) is 18.8. The number of aliphatic hydroxyl groups is 2. The minimum absolute atomic E-state index is 0.119. The first-order valence-corrected chi connectivity index (χ1v) is 8.39. The largest absolute Gasteiger partial charge is 0.469 e. The van der Waals surface area contributed by atoms with Crippen molar-refractivity contribution in [3.63, 3.8) is 0 Å². The van der Waals surface area contributed by atoms with Gasteiger partial charge in [-0.1, -0.05) is 0 Å². The number of aliphatic hydroxyl groups excluding tert-OH is 2. The Morgan fingerprint density at radius 2 is 2.12 bits per heavy atom. The van der Waals surface area contributed by atoms with E-state index in [2.05, 4.69) is 9.51 Å². The molecule has 1 saturated heterocycles. The first-order valence-electron chi connectivity index (χ1n) is 6.86. The van der Waals surface area contributed by atoms with Gasteiger partial charge in [-0.3, -0.25) is 9.09 Å². The summed E-state index contributed by atoms with van der Waals surface area (Å²) in [5, 5.41) is 19.9. The molecule has 6 N–H and O–H groups in total. The molecular formula is C11H18N3O9P. The molecule has 0 bridgehead atoms. The van der Waals surface area contributed by atoms with Crippen LogP contribution in [0.3, 0.4) is 0 Å². The number of phosphoric acid groups is 1. The van der Waals surface area contributed by atoms with E-state index in [4.69, 9.17) is 25.0 Å². The molecule has 12 nitrogen and oxygen atoms in total. The number of rotatable bonds is 6. The minimum Gasteiger partial charge on any atom is -0.461 e. The van der Waals surface area contributed by atoms with Crippen LogP contribution in [0.15, 0.2) is 6.33 Å². The number of imidazole rings is 1. The van der Waals surface area contributed by atoms with Gasteiger partial charge in [0.1, 0.15) is 24.1 Å². The van der Waals surface area contributed by atoms with Crippen LogP contribution in [0.25, 0.3) is 0 Å². The standard InChI is InChI=1S/C11H18N3O9P/c1-2-21-11(17)6-9(12)14(4-13-6)10-8(16)7(15)5(23-10)3-22-24(18,19)20/h4-5,7-8,10,15-16H,2-3,12H2,1H3,(H2,18,19,20)/t5-,7+,8+,10+/m1/s1. The van der Waals surface area contributed by atoms with Crippen molar-refractivity contribution in [1.29, 1.82) is 0 Å². The maximum Gasteiger partial charge on any atom is 0.469 e. The quantitative estimate of drug-likeness (QED) is 0.287. The third-order valence-electron chi connectivity index (χ3n) is 3.32. The Morgan fingerprint density at radius 3 is 2.71 bits per heavy atom. The molecular weight excluding hydrogens is 349 g/mol.